The van der Waals surface area contributed by atoms with Crippen molar-refractivity contribution in [3.63, 3.8) is 0 Å². The van der Waals surface area contributed by atoms with Gasteiger partial charge in [0.15, 0.2) is 35.6 Å². The molecule has 4 heterocycles. The Morgan fingerprint density at radius 1 is 0.545 bits per heavy atom. The van der Waals surface area contributed by atoms with Gasteiger partial charge in [0.25, 0.3) is 0 Å². The number of carbonyl (C=O) groups excluding carboxylic acids is 2. The lowest BCUT2D eigenvalue weighted by atomic mass is 9.70. The Morgan fingerprint density at radius 2 is 0.945 bits per heavy atom. The van der Waals surface area contributed by atoms with Gasteiger partial charge in [0.1, 0.15) is 45.9 Å². The number of fused-ring (bicyclic) bond motifs is 5. The predicted molar refractivity (Wildman–Crippen MR) is 222 cm³/mol. The van der Waals surface area contributed by atoms with Crippen LogP contribution in [0.15, 0.2) is 36.4 Å². The molecule has 55 heavy (non-hydrogen) atoms. The average molecular weight is 775 g/mol. The van der Waals surface area contributed by atoms with E-state index in [4.69, 9.17) is 18.9 Å². The molecule has 7 rings (SSSR count). The van der Waals surface area contributed by atoms with Crippen LogP contribution < -0.4 is 18.9 Å². The van der Waals surface area contributed by atoms with Crippen molar-refractivity contribution in [2.24, 2.45) is 0 Å². The van der Waals surface area contributed by atoms with E-state index in [2.05, 4.69) is 73.9 Å². The lowest BCUT2D eigenvalue weighted by Gasteiger charge is -2.33. The van der Waals surface area contributed by atoms with Crippen LogP contribution in [-0.2, 0) is 5.41 Å². The van der Waals surface area contributed by atoms with E-state index in [0.29, 0.717) is 59.2 Å². The Balaban J connectivity index is 1.27. The van der Waals surface area contributed by atoms with E-state index in [1.807, 2.05) is 0 Å². The van der Waals surface area contributed by atoms with Crippen molar-refractivity contribution < 1.29 is 28.5 Å². The first-order chi connectivity index (χ1) is 27.1. The summed E-state index contributed by atoms with van der Waals surface area (Å²) in [5.74, 6) is 15.8. The van der Waals surface area contributed by atoms with Gasteiger partial charge in [-0.2, -0.15) is 0 Å². The highest BCUT2D eigenvalue weighted by molar-refractivity contribution is 7.15. The lowest BCUT2D eigenvalue weighted by molar-refractivity contribution is 0.110. The molecule has 0 unspecified atom stereocenters. The quantitative estimate of drug-likeness (QED) is 0.0641. The van der Waals surface area contributed by atoms with Crippen LogP contribution in [0, 0.1) is 23.7 Å². The third-order valence-corrected chi connectivity index (χ3v) is 13.0. The van der Waals surface area contributed by atoms with Gasteiger partial charge < -0.3 is 18.9 Å². The van der Waals surface area contributed by atoms with Crippen LogP contribution in [0.25, 0.3) is 11.1 Å². The van der Waals surface area contributed by atoms with E-state index in [1.165, 1.54) is 109 Å². The van der Waals surface area contributed by atoms with Crippen LogP contribution in [0.1, 0.15) is 155 Å². The average Bonchev–Trinajstić information content (AvgIpc) is 3.86. The van der Waals surface area contributed by atoms with Gasteiger partial charge in [0, 0.05) is 16.5 Å². The number of thiophene rings is 2. The first-order valence-electron chi connectivity index (χ1n) is 20.2. The zero-order valence-electron chi connectivity index (χ0n) is 32.1. The van der Waals surface area contributed by atoms with E-state index in [0.717, 1.165) is 59.1 Å². The van der Waals surface area contributed by atoms with Crippen LogP contribution in [0.3, 0.4) is 0 Å². The Morgan fingerprint density at radius 3 is 1.36 bits per heavy atom. The molecule has 0 fully saturated rings. The SMILES string of the molecule is CCCCCCCCC1(CCCCCCCC)c2cc(C#Cc3sc(C=O)c4c3OCCO4)ccc2-c2ccc(C#Cc3sc(C=O)c4c3OCCO4)cc21. The summed E-state index contributed by atoms with van der Waals surface area (Å²) in [4.78, 5) is 26.1. The third kappa shape index (κ3) is 8.37. The maximum atomic E-state index is 11.8. The summed E-state index contributed by atoms with van der Waals surface area (Å²) in [7, 11) is 0. The van der Waals surface area contributed by atoms with Crippen LogP contribution in [0.4, 0.5) is 0 Å². The Labute approximate surface area is 333 Å². The summed E-state index contributed by atoms with van der Waals surface area (Å²) < 4.78 is 23.4. The largest absolute Gasteiger partial charge is 0.484 e. The first-order valence-corrected chi connectivity index (χ1v) is 21.8. The van der Waals surface area contributed by atoms with Crippen molar-refractivity contribution >= 4 is 35.2 Å². The van der Waals surface area contributed by atoms with Gasteiger partial charge in [-0.25, -0.2) is 0 Å². The lowest BCUT2D eigenvalue weighted by Crippen LogP contribution is -2.26. The van der Waals surface area contributed by atoms with Crippen LogP contribution in [0.5, 0.6) is 23.0 Å². The molecule has 2 aromatic heterocycles. The smallest absolute Gasteiger partial charge is 0.188 e. The van der Waals surface area contributed by atoms with Gasteiger partial charge in [-0.15, -0.1) is 22.7 Å². The summed E-state index contributed by atoms with van der Waals surface area (Å²) in [6.07, 6.45) is 18.7. The second-order valence-corrected chi connectivity index (χ2v) is 16.8. The second kappa shape index (κ2) is 18.4. The molecular weight excluding hydrogens is 725 g/mol. The zero-order valence-corrected chi connectivity index (χ0v) is 33.7. The molecule has 1 aliphatic carbocycles. The van der Waals surface area contributed by atoms with Crippen LogP contribution in [0.2, 0.25) is 0 Å². The van der Waals surface area contributed by atoms with Crippen molar-refractivity contribution in [3.05, 3.63) is 78.2 Å². The molecule has 0 saturated heterocycles. The number of ether oxygens (including phenoxy) is 4. The minimum Gasteiger partial charge on any atom is -0.484 e. The third-order valence-electron chi connectivity index (χ3n) is 11.0. The molecule has 0 N–H and O–H groups in total. The number of hydrogen-bond acceptors (Lipinski definition) is 8. The van der Waals surface area contributed by atoms with Crippen molar-refractivity contribution in [2.45, 2.75) is 109 Å². The normalized spacial score (nSPS) is 14.2. The number of carbonyl (C=O) groups is 2. The molecule has 2 aliphatic heterocycles. The zero-order chi connectivity index (χ0) is 38.0. The van der Waals surface area contributed by atoms with Gasteiger partial charge in [-0.1, -0.05) is 115 Å². The van der Waals surface area contributed by atoms with E-state index in [9.17, 15) is 9.59 Å². The van der Waals surface area contributed by atoms with Gasteiger partial charge >= 0.3 is 0 Å². The van der Waals surface area contributed by atoms with E-state index >= 15 is 0 Å². The maximum absolute atomic E-state index is 11.8. The molecule has 0 atom stereocenters. The summed E-state index contributed by atoms with van der Waals surface area (Å²) in [6.45, 7) is 6.28. The summed E-state index contributed by atoms with van der Waals surface area (Å²) in [6, 6.07) is 13.4. The number of hydrogen-bond donors (Lipinski definition) is 0. The highest BCUT2D eigenvalue weighted by atomic mass is 32.1. The summed E-state index contributed by atoms with van der Waals surface area (Å²) in [5, 5.41) is 0. The van der Waals surface area contributed by atoms with Crippen LogP contribution >= 0.6 is 22.7 Å². The minimum atomic E-state index is -0.164. The fourth-order valence-corrected chi connectivity index (χ4v) is 9.97. The Kier molecular flexibility index (Phi) is 13.0. The highest BCUT2D eigenvalue weighted by Crippen LogP contribution is 2.55. The molecular formula is C47H50O6S2. The predicted octanol–water partition coefficient (Wildman–Crippen LogP) is 11.5. The minimum absolute atomic E-state index is 0.164. The first kappa shape index (κ1) is 38.8. The molecule has 0 radical (unpaired) electrons. The molecule has 8 heteroatoms. The standard InChI is InChI=1S/C47H50O6S2/c1-3-5-7-9-11-13-23-47(24-14-12-10-8-6-4-2)37-29-33(17-21-39-43-45(41(31-48)54-39)52-27-25-50-43)15-19-35(37)36-20-16-34(30-38(36)47)18-22-40-44-46(42(32-49)55-40)53-28-26-51-44/h15-16,19-20,29-32H,3-14,23-28H2,1-2H3. The van der Waals surface area contributed by atoms with E-state index in [-0.39, 0.29) is 5.41 Å². The maximum Gasteiger partial charge on any atom is 0.188 e. The molecule has 0 amide bonds. The fourth-order valence-electron chi connectivity index (χ4n) is 8.25. The van der Waals surface area contributed by atoms with E-state index in [1.54, 1.807) is 0 Å². The van der Waals surface area contributed by atoms with Gasteiger partial charge in [0.05, 0.1) is 0 Å². The van der Waals surface area contributed by atoms with Crippen LogP contribution in [-0.4, -0.2) is 39.0 Å². The topological polar surface area (TPSA) is 71.1 Å². The number of aldehydes is 2. The molecule has 286 valence electrons. The van der Waals surface area contributed by atoms with Crippen molar-refractivity contribution in [1.29, 1.82) is 0 Å². The molecule has 0 bridgehead atoms. The summed E-state index contributed by atoms with van der Waals surface area (Å²) >= 11 is 2.65. The van der Waals surface area contributed by atoms with E-state index < -0.39 is 0 Å². The summed E-state index contributed by atoms with van der Waals surface area (Å²) in [5.41, 5.74) is 7.00. The number of rotatable bonds is 16. The molecule has 6 nitrogen and oxygen atoms in total. The van der Waals surface area contributed by atoms with Gasteiger partial charge in [0.2, 0.25) is 0 Å². The Bertz CT molecular complexity index is 1980. The monoisotopic (exact) mass is 774 g/mol. The van der Waals surface area contributed by atoms with Gasteiger partial charge in [-0.05, 0) is 71.2 Å². The van der Waals surface area contributed by atoms with Crippen molar-refractivity contribution in [3.8, 4) is 57.8 Å². The molecule has 0 spiro atoms. The molecule has 4 aromatic rings. The second-order valence-electron chi connectivity index (χ2n) is 14.7. The number of benzene rings is 2. The van der Waals surface area contributed by atoms with Gasteiger partial charge in [-0.3, -0.25) is 9.59 Å². The Hall–Kier alpha value is -4.50. The molecule has 0 saturated carbocycles. The molecule has 2 aromatic carbocycles. The fraction of sp³-hybridized carbons (Fsp3) is 0.447. The van der Waals surface area contributed by atoms with Crippen molar-refractivity contribution in [1.82, 2.24) is 0 Å². The highest BCUT2D eigenvalue weighted by Gasteiger charge is 2.42. The van der Waals surface area contributed by atoms with Crippen molar-refractivity contribution in [2.75, 3.05) is 26.4 Å². The number of unbranched alkanes of at least 4 members (excludes halogenated alkanes) is 10. The molecule has 3 aliphatic rings.